The minimum atomic E-state index is -3.47. The number of hydrogen-bond donors (Lipinski definition) is 0. The molecule has 0 aliphatic carbocycles. The first kappa shape index (κ1) is 26.9. The van der Waals surface area contributed by atoms with Gasteiger partial charge >= 0.3 is 0 Å². The molecule has 2 aromatic carbocycles. The van der Waals surface area contributed by atoms with Gasteiger partial charge in [0.15, 0.2) is 0 Å². The lowest BCUT2D eigenvalue weighted by Gasteiger charge is -2.35. The van der Waals surface area contributed by atoms with Crippen LogP contribution < -0.4 is 0 Å². The second-order valence-corrected chi connectivity index (χ2v) is 10.8. The van der Waals surface area contributed by atoms with Crippen LogP contribution in [0.2, 0.25) is 0 Å². The number of hydrogen-bond acceptors (Lipinski definition) is 4. The quantitative estimate of drug-likeness (QED) is 0.475. The number of carbonyl (C=O) groups excluding carboxylic acids is 2. The van der Waals surface area contributed by atoms with Gasteiger partial charge in [0.1, 0.15) is 0 Å². The molecular formula is C27H37N3O4S. The van der Waals surface area contributed by atoms with E-state index in [4.69, 9.17) is 0 Å². The first-order chi connectivity index (χ1) is 16.8. The zero-order valence-electron chi connectivity index (χ0n) is 20.9. The number of carbonyl (C=O) groups is 2. The van der Waals surface area contributed by atoms with Crippen LogP contribution in [-0.2, 0) is 32.5 Å². The number of piperazine rings is 1. The van der Waals surface area contributed by atoms with Crippen LogP contribution in [0.3, 0.4) is 0 Å². The lowest BCUT2D eigenvalue weighted by atomic mass is 10.1. The summed E-state index contributed by atoms with van der Waals surface area (Å²) in [5.74, 6) is 0.230. The summed E-state index contributed by atoms with van der Waals surface area (Å²) in [6.07, 6.45) is 3.18. The molecule has 0 radical (unpaired) electrons. The van der Waals surface area contributed by atoms with Gasteiger partial charge in [0.25, 0.3) is 0 Å². The highest BCUT2D eigenvalue weighted by atomic mass is 32.2. The molecule has 0 N–H and O–H groups in total. The van der Waals surface area contributed by atoms with E-state index in [1.807, 2.05) is 41.8 Å². The molecule has 190 valence electrons. The fourth-order valence-electron chi connectivity index (χ4n) is 4.40. The molecule has 2 amide bonds. The van der Waals surface area contributed by atoms with Gasteiger partial charge in [-0.2, -0.15) is 4.31 Å². The van der Waals surface area contributed by atoms with Gasteiger partial charge in [0.05, 0.1) is 4.90 Å². The van der Waals surface area contributed by atoms with Crippen molar-refractivity contribution >= 4 is 21.8 Å². The van der Waals surface area contributed by atoms with Crippen LogP contribution in [0.25, 0.3) is 0 Å². The molecule has 0 saturated carbocycles. The zero-order valence-corrected chi connectivity index (χ0v) is 21.7. The van der Waals surface area contributed by atoms with Crippen molar-refractivity contribution in [3.63, 3.8) is 0 Å². The number of sulfonamides is 1. The van der Waals surface area contributed by atoms with Gasteiger partial charge in [-0.25, -0.2) is 8.42 Å². The van der Waals surface area contributed by atoms with Crippen LogP contribution in [0.1, 0.15) is 44.2 Å². The highest BCUT2D eigenvalue weighted by Crippen LogP contribution is 2.17. The van der Waals surface area contributed by atoms with E-state index >= 15 is 0 Å². The Morgan fingerprint density at radius 3 is 1.80 bits per heavy atom. The second-order valence-electron chi connectivity index (χ2n) is 8.83. The topological polar surface area (TPSA) is 78.0 Å². The van der Waals surface area contributed by atoms with Crippen molar-refractivity contribution in [3.8, 4) is 0 Å². The van der Waals surface area contributed by atoms with Crippen LogP contribution in [0, 0.1) is 0 Å². The highest BCUT2D eigenvalue weighted by Gasteiger charge is 2.24. The standard InChI is InChI=1S/C27H37N3O4S/c1-3-30(4-2)35(33,34)25-16-13-24(14-17-25)15-18-27(32)29-21-19-28(20-22-29)26(31)12-8-11-23-9-6-5-7-10-23/h5-7,9-10,13-14,16-17H,3-4,8,11-12,15,18-22H2,1-2H3. The van der Waals surface area contributed by atoms with Gasteiger partial charge in [0, 0.05) is 52.1 Å². The first-order valence-corrected chi connectivity index (χ1v) is 14.0. The molecule has 0 bridgehead atoms. The maximum absolute atomic E-state index is 12.7. The van der Waals surface area contributed by atoms with Gasteiger partial charge in [-0.15, -0.1) is 0 Å². The Kier molecular flexibility index (Phi) is 9.86. The highest BCUT2D eigenvalue weighted by molar-refractivity contribution is 7.89. The van der Waals surface area contributed by atoms with Gasteiger partial charge in [-0.1, -0.05) is 56.3 Å². The van der Waals surface area contributed by atoms with Crippen molar-refractivity contribution in [2.24, 2.45) is 0 Å². The molecule has 2 aromatic rings. The van der Waals surface area contributed by atoms with Gasteiger partial charge < -0.3 is 9.80 Å². The van der Waals surface area contributed by atoms with E-state index in [0.29, 0.717) is 58.5 Å². The largest absolute Gasteiger partial charge is 0.339 e. The van der Waals surface area contributed by atoms with E-state index < -0.39 is 10.0 Å². The minimum Gasteiger partial charge on any atom is -0.339 e. The Balaban J connectivity index is 1.40. The molecule has 1 fully saturated rings. The van der Waals surface area contributed by atoms with Crippen molar-refractivity contribution in [1.82, 2.24) is 14.1 Å². The normalized spacial score (nSPS) is 14.4. The van der Waals surface area contributed by atoms with E-state index in [2.05, 4.69) is 12.1 Å². The molecule has 35 heavy (non-hydrogen) atoms. The second kappa shape index (κ2) is 12.8. The average Bonchev–Trinajstić information content (AvgIpc) is 2.88. The van der Waals surface area contributed by atoms with Crippen molar-refractivity contribution < 1.29 is 18.0 Å². The fourth-order valence-corrected chi connectivity index (χ4v) is 5.86. The molecule has 7 nitrogen and oxygen atoms in total. The number of amides is 2. The summed E-state index contributed by atoms with van der Waals surface area (Å²) in [4.78, 5) is 29.2. The smallest absolute Gasteiger partial charge is 0.243 e. The van der Waals surface area contributed by atoms with Gasteiger partial charge in [0.2, 0.25) is 21.8 Å². The third-order valence-electron chi connectivity index (χ3n) is 6.58. The van der Waals surface area contributed by atoms with E-state index in [9.17, 15) is 18.0 Å². The van der Waals surface area contributed by atoms with Crippen LogP contribution >= 0.6 is 0 Å². The number of rotatable bonds is 11. The number of aryl methyl sites for hydroxylation is 2. The Hall–Kier alpha value is -2.71. The van der Waals surface area contributed by atoms with Crippen LogP contribution in [0.4, 0.5) is 0 Å². The monoisotopic (exact) mass is 499 g/mol. The van der Waals surface area contributed by atoms with E-state index in [1.165, 1.54) is 9.87 Å². The van der Waals surface area contributed by atoms with Crippen molar-refractivity contribution in [3.05, 3.63) is 65.7 Å². The summed E-state index contributed by atoms with van der Waals surface area (Å²) in [6, 6.07) is 17.0. The van der Waals surface area contributed by atoms with E-state index in [-0.39, 0.29) is 16.7 Å². The van der Waals surface area contributed by atoms with E-state index in [1.54, 1.807) is 24.3 Å². The molecule has 1 aliphatic heterocycles. The lowest BCUT2D eigenvalue weighted by molar-refractivity contribution is -0.139. The maximum Gasteiger partial charge on any atom is 0.243 e. The van der Waals surface area contributed by atoms with E-state index in [0.717, 1.165) is 18.4 Å². The molecule has 0 unspecified atom stereocenters. The van der Waals surface area contributed by atoms with Crippen molar-refractivity contribution in [2.75, 3.05) is 39.3 Å². The zero-order chi connectivity index (χ0) is 25.3. The summed E-state index contributed by atoms with van der Waals surface area (Å²) in [5, 5.41) is 0. The van der Waals surface area contributed by atoms with Gasteiger partial charge in [-0.05, 0) is 42.5 Å². The molecule has 0 aromatic heterocycles. The molecule has 0 spiro atoms. The summed E-state index contributed by atoms with van der Waals surface area (Å²) in [7, 11) is -3.47. The molecule has 3 rings (SSSR count). The number of benzene rings is 2. The Morgan fingerprint density at radius 2 is 1.26 bits per heavy atom. The summed E-state index contributed by atoms with van der Waals surface area (Å²) >= 11 is 0. The Morgan fingerprint density at radius 1 is 0.743 bits per heavy atom. The summed E-state index contributed by atoms with van der Waals surface area (Å²) < 4.78 is 26.7. The predicted molar refractivity (Wildman–Crippen MR) is 137 cm³/mol. The fraction of sp³-hybridized carbons (Fsp3) is 0.481. The third kappa shape index (κ3) is 7.39. The molecule has 1 aliphatic rings. The molecule has 0 atom stereocenters. The summed E-state index contributed by atoms with van der Waals surface area (Å²) in [5.41, 5.74) is 2.18. The predicted octanol–water partition coefficient (Wildman–Crippen LogP) is 3.34. The van der Waals surface area contributed by atoms with Crippen LogP contribution in [0.15, 0.2) is 59.5 Å². The van der Waals surface area contributed by atoms with Crippen molar-refractivity contribution in [2.45, 2.75) is 50.8 Å². The van der Waals surface area contributed by atoms with Crippen LogP contribution in [-0.4, -0.2) is 73.6 Å². The minimum absolute atomic E-state index is 0.0704. The molecule has 1 heterocycles. The molecule has 8 heteroatoms. The Labute approximate surface area is 209 Å². The van der Waals surface area contributed by atoms with Gasteiger partial charge in [-0.3, -0.25) is 9.59 Å². The van der Waals surface area contributed by atoms with Crippen molar-refractivity contribution in [1.29, 1.82) is 0 Å². The summed E-state index contributed by atoms with van der Waals surface area (Å²) in [6.45, 7) is 6.78. The molecule has 1 saturated heterocycles. The third-order valence-corrected chi connectivity index (χ3v) is 8.64. The Bertz CT molecular complexity index is 1060. The maximum atomic E-state index is 12.7. The molecular weight excluding hydrogens is 462 g/mol. The number of nitrogens with zero attached hydrogens (tertiary/aromatic N) is 3. The first-order valence-electron chi connectivity index (χ1n) is 12.5. The average molecular weight is 500 g/mol. The SMILES string of the molecule is CCN(CC)S(=O)(=O)c1ccc(CCC(=O)N2CCN(C(=O)CCCc3ccccc3)CC2)cc1. The lowest BCUT2D eigenvalue weighted by Crippen LogP contribution is -2.50. The van der Waals surface area contributed by atoms with Crippen LogP contribution in [0.5, 0.6) is 0 Å².